The predicted octanol–water partition coefficient (Wildman–Crippen LogP) is 3.62. The number of carbonyl (C=O) groups excluding carboxylic acids is 1. The van der Waals surface area contributed by atoms with Crippen molar-refractivity contribution in [3.63, 3.8) is 0 Å². The van der Waals surface area contributed by atoms with Crippen LogP contribution in [0.1, 0.15) is 43.4 Å². The van der Waals surface area contributed by atoms with Gasteiger partial charge in [-0.1, -0.05) is 0 Å². The zero-order chi connectivity index (χ0) is 23.9. The van der Waals surface area contributed by atoms with Gasteiger partial charge >= 0.3 is 6.18 Å². The molecule has 1 aliphatic rings. The van der Waals surface area contributed by atoms with Gasteiger partial charge < -0.3 is 9.80 Å². The second-order valence-electron chi connectivity index (χ2n) is 8.28. The number of rotatable bonds is 5. The molecule has 3 aromatic heterocycles. The lowest BCUT2D eigenvalue weighted by Crippen LogP contribution is -2.28. The molecule has 0 saturated heterocycles. The van der Waals surface area contributed by atoms with Gasteiger partial charge in [-0.3, -0.25) is 19.9 Å². The number of pyridine rings is 2. The molecule has 0 unspecified atom stereocenters. The third-order valence-electron chi connectivity index (χ3n) is 5.74. The van der Waals surface area contributed by atoms with Crippen LogP contribution >= 0.6 is 0 Å². The average molecular weight is 459 g/mol. The summed E-state index contributed by atoms with van der Waals surface area (Å²) in [7, 11) is 1.39. The van der Waals surface area contributed by atoms with Crippen molar-refractivity contribution in [1.29, 1.82) is 0 Å². The summed E-state index contributed by atoms with van der Waals surface area (Å²) < 4.78 is 41.0. The molecule has 0 aromatic carbocycles. The molecule has 33 heavy (non-hydrogen) atoms. The van der Waals surface area contributed by atoms with Crippen LogP contribution in [-0.4, -0.2) is 50.7 Å². The SMILES string of the molecule is CC(=O)N(C)c1cnc(Cc2nc(-c3cc4c(cn3)N(C(C)C)CC4)n[nH]2)c(C(F)(F)F)c1. The molecule has 174 valence electrons. The lowest BCUT2D eigenvalue weighted by atomic mass is 10.1. The molecule has 0 bridgehead atoms. The Balaban J connectivity index is 1.60. The molecule has 0 atom stereocenters. The quantitative estimate of drug-likeness (QED) is 0.627. The van der Waals surface area contributed by atoms with E-state index < -0.39 is 17.6 Å². The smallest absolute Gasteiger partial charge is 0.367 e. The summed E-state index contributed by atoms with van der Waals surface area (Å²) in [5.74, 6) is 0.162. The Bertz CT molecular complexity index is 1190. The first kappa shape index (κ1) is 22.7. The molecule has 0 spiro atoms. The maximum Gasteiger partial charge on any atom is 0.418 e. The van der Waals surface area contributed by atoms with Gasteiger partial charge in [-0.05, 0) is 38.0 Å². The first-order valence-corrected chi connectivity index (χ1v) is 10.5. The lowest BCUT2D eigenvalue weighted by Gasteiger charge is -2.23. The molecule has 11 heteroatoms. The topological polar surface area (TPSA) is 90.9 Å². The van der Waals surface area contributed by atoms with Crippen molar-refractivity contribution in [3.05, 3.63) is 47.2 Å². The molecule has 1 aliphatic heterocycles. The third-order valence-corrected chi connectivity index (χ3v) is 5.74. The van der Waals surface area contributed by atoms with E-state index in [1.807, 2.05) is 6.07 Å². The minimum atomic E-state index is -4.64. The molecule has 0 fully saturated rings. The van der Waals surface area contributed by atoms with Crippen LogP contribution in [0.15, 0.2) is 24.5 Å². The second-order valence-corrected chi connectivity index (χ2v) is 8.28. The first-order chi connectivity index (χ1) is 15.5. The van der Waals surface area contributed by atoms with Gasteiger partial charge in [0.05, 0.1) is 41.4 Å². The van der Waals surface area contributed by atoms with E-state index in [9.17, 15) is 18.0 Å². The van der Waals surface area contributed by atoms with E-state index in [-0.39, 0.29) is 23.6 Å². The minimum Gasteiger partial charge on any atom is -0.367 e. The number of halogens is 3. The Morgan fingerprint density at radius 3 is 2.67 bits per heavy atom. The van der Waals surface area contributed by atoms with Crippen molar-refractivity contribution in [2.45, 2.75) is 45.8 Å². The van der Waals surface area contributed by atoms with Crippen LogP contribution in [0, 0.1) is 0 Å². The number of nitrogens with one attached hydrogen (secondary N) is 1. The van der Waals surface area contributed by atoms with Crippen molar-refractivity contribution in [1.82, 2.24) is 25.1 Å². The number of H-pyrrole nitrogens is 1. The molecule has 3 aromatic rings. The summed E-state index contributed by atoms with van der Waals surface area (Å²) in [6, 6.07) is 3.21. The van der Waals surface area contributed by atoms with E-state index in [4.69, 9.17) is 0 Å². The Morgan fingerprint density at radius 1 is 1.24 bits per heavy atom. The molecule has 1 N–H and O–H groups in total. The number of amides is 1. The summed E-state index contributed by atoms with van der Waals surface area (Å²) in [6.45, 7) is 6.43. The van der Waals surface area contributed by atoms with Crippen LogP contribution in [0.25, 0.3) is 11.5 Å². The van der Waals surface area contributed by atoms with Crippen molar-refractivity contribution in [3.8, 4) is 11.5 Å². The van der Waals surface area contributed by atoms with E-state index >= 15 is 0 Å². The van der Waals surface area contributed by atoms with Crippen molar-refractivity contribution in [2.24, 2.45) is 0 Å². The first-order valence-electron chi connectivity index (χ1n) is 10.5. The van der Waals surface area contributed by atoms with Crippen molar-refractivity contribution < 1.29 is 18.0 Å². The summed E-state index contributed by atoms with van der Waals surface area (Å²) in [4.78, 5) is 27.7. The monoisotopic (exact) mass is 459 g/mol. The maximum atomic E-state index is 13.7. The van der Waals surface area contributed by atoms with Crippen LogP contribution in [0.3, 0.4) is 0 Å². The number of nitrogens with zero attached hydrogens (tertiary/aromatic N) is 6. The number of anilines is 2. The molecule has 8 nitrogen and oxygen atoms in total. The van der Waals surface area contributed by atoms with Crippen LogP contribution < -0.4 is 9.80 Å². The van der Waals surface area contributed by atoms with Crippen molar-refractivity contribution >= 4 is 17.3 Å². The lowest BCUT2D eigenvalue weighted by molar-refractivity contribution is -0.138. The molecule has 0 aliphatic carbocycles. The Kier molecular flexibility index (Phi) is 5.81. The molecule has 4 heterocycles. The Hall–Kier alpha value is -3.50. The van der Waals surface area contributed by atoms with Gasteiger partial charge in [0, 0.05) is 26.6 Å². The number of hydrogen-bond donors (Lipinski definition) is 1. The van der Waals surface area contributed by atoms with Gasteiger partial charge in [-0.25, -0.2) is 4.98 Å². The fourth-order valence-electron chi connectivity index (χ4n) is 3.85. The average Bonchev–Trinajstić information content (AvgIpc) is 3.39. The van der Waals surface area contributed by atoms with Gasteiger partial charge in [-0.2, -0.15) is 18.3 Å². The second kappa shape index (κ2) is 8.45. The fourth-order valence-corrected chi connectivity index (χ4v) is 3.85. The van der Waals surface area contributed by atoms with Crippen LogP contribution in [-0.2, 0) is 23.8 Å². The maximum absolute atomic E-state index is 13.7. The standard InChI is InChI=1S/C22H24F3N7O/c1-12(2)32-6-5-14-7-18(27-11-19(14)32)21-28-20(29-30-21)9-17-16(22(23,24)25)8-15(10-26-17)31(4)13(3)33/h7-8,10-12H,5-6,9H2,1-4H3,(H,28,29,30). The normalized spacial score (nSPS) is 13.5. The summed E-state index contributed by atoms with van der Waals surface area (Å²) in [5, 5.41) is 6.85. The fraction of sp³-hybridized carbons (Fsp3) is 0.409. The highest BCUT2D eigenvalue weighted by atomic mass is 19.4. The highest BCUT2D eigenvalue weighted by Gasteiger charge is 2.35. The van der Waals surface area contributed by atoms with E-state index in [2.05, 4.69) is 43.9 Å². The molecule has 0 radical (unpaired) electrons. The molecular formula is C22H24F3N7O. The number of fused-ring (bicyclic) bond motifs is 1. The minimum absolute atomic E-state index is 0.0645. The van der Waals surface area contributed by atoms with Gasteiger partial charge in [0.1, 0.15) is 11.5 Å². The van der Waals surface area contributed by atoms with Crippen LogP contribution in [0.4, 0.5) is 24.5 Å². The molecule has 1 amide bonds. The summed E-state index contributed by atoms with van der Waals surface area (Å²) >= 11 is 0. The van der Waals surface area contributed by atoms with E-state index in [0.717, 1.165) is 35.2 Å². The predicted molar refractivity (Wildman–Crippen MR) is 117 cm³/mol. The number of alkyl halides is 3. The molecule has 4 rings (SSSR count). The highest BCUT2D eigenvalue weighted by Crippen LogP contribution is 2.35. The summed E-state index contributed by atoms with van der Waals surface area (Å²) in [5.41, 5.74) is 1.72. The van der Waals surface area contributed by atoms with E-state index in [1.54, 1.807) is 6.20 Å². The molecular weight excluding hydrogens is 435 g/mol. The third kappa shape index (κ3) is 4.53. The number of aromatic nitrogens is 5. The number of hydrogen-bond acceptors (Lipinski definition) is 6. The van der Waals surface area contributed by atoms with Gasteiger partial charge in [0.15, 0.2) is 5.82 Å². The largest absolute Gasteiger partial charge is 0.418 e. The van der Waals surface area contributed by atoms with Gasteiger partial charge in [0.2, 0.25) is 5.91 Å². The zero-order valence-corrected chi connectivity index (χ0v) is 18.7. The summed E-state index contributed by atoms with van der Waals surface area (Å²) in [6.07, 6.45) is -0.909. The zero-order valence-electron chi connectivity index (χ0n) is 18.7. The van der Waals surface area contributed by atoms with E-state index in [0.29, 0.717) is 17.6 Å². The Morgan fingerprint density at radius 2 is 2.00 bits per heavy atom. The number of aromatic amines is 1. The number of carbonyl (C=O) groups is 1. The van der Waals surface area contributed by atoms with Crippen LogP contribution in [0.5, 0.6) is 0 Å². The van der Waals surface area contributed by atoms with E-state index in [1.165, 1.54) is 20.2 Å². The van der Waals surface area contributed by atoms with Crippen molar-refractivity contribution in [2.75, 3.05) is 23.4 Å². The van der Waals surface area contributed by atoms with Crippen LogP contribution in [0.2, 0.25) is 0 Å². The van der Waals surface area contributed by atoms with Gasteiger partial charge in [-0.15, -0.1) is 0 Å². The highest BCUT2D eigenvalue weighted by molar-refractivity contribution is 5.90. The van der Waals surface area contributed by atoms with Gasteiger partial charge in [0.25, 0.3) is 0 Å². The Labute approximate surface area is 188 Å². The molecule has 0 saturated carbocycles.